The van der Waals surface area contributed by atoms with Crippen molar-refractivity contribution < 1.29 is 49.8 Å². The van der Waals surface area contributed by atoms with Crippen LogP contribution in [0.2, 0.25) is 0 Å². The lowest BCUT2D eigenvalue weighted by molar-refractivity contribution is -0.139. The van der Waals surface area contributed by atoms with Gasteiger partial charge in [-0.25, -0.2) is 9.59 Å². The zero-order chi connectivity index (χ0) is 19.9. The van der Waals surface area contributed by atoms with E-state index >= 15 is 0 Å². The Balaban J connectivity index is -0.000000282. The first-order valence-electron chi connectivity index (χ1n) is 6.43. The molecule has 10 heteroatoms. The summed E-state index contributed by atoms with van der Waals surface area (Å²) >= 11 is 0. The van der Waals surface area contributed by atoms with E-state index in [0.29, 0.717) is 6.42 Å². The maximum atomic E-state index is 9.87. The molecule has 0 rings (SSSR count). The van der Waals surface area contributed by atoms with E-state index in [1.54, 1.807) is 0 Å². The second-order valence-electron chi connectivity index (χ2n) is 4.20. The molecule has 0 bridgehead atoms. The minimum Gasteiger partial charge on any atom is -0.481 e. The predicted octanol–water partition coefficient (Wildman–Crippen LogP) is -0.0466. The van der Waals surface area contributed by atoms with Gasteiger partial charge in [-0.2, -0.15) is 0 Å². The van der Waals surface area contributed by atoms with E-state index in [9.17, 15) is 19.2 Å². The van der Waals surface area contributed by atoms with Gasteiger partial charge in [0.15, 0.2) is 0 Å². The van der Waals surface area contributed by atoms with Crippen LogP contribution in [0.15, 0.2) is 24.3 Å². The Bertz CT molecular complexity index is 424. The van der Waals surface area contributed by atoms with E-state index < -0.39 is 42.8 Å². The molecule has 1 unspecified atom stereocenters. The zero-order valence-electron chi connectivity index (χ0n) is 13.1. The van der Waals surface area contributed by atoms with Gasteiger partial charge in [0.2, 0.25) is 0 Å². The van der Waals surface area contributed by atoms with Gasteiger partial charge in [-0.3, -0.25) is 9.59 Å². The molecule has 10 nitrogen and oxygen atoms in total. The minimum absolute atomic E-state index is 0.115. The highest BCUT2D eigenvalue weighted by Crippen LogP contribution is 1.96. The molecule has 0 aliphatic heterocycles. The third-order valence-corrected chi connectivity index (χ3v) is 2.02. The van der Waals surface area contributed by atoms with Gasteiger partial charge in [0.1, 0.15) is 0 Å². The number of rotatable bonds is 8. The molecule has 0 saturated heterocycles. The van der Waals surface area contributed by atoms with Crippen molar-refractivity contribution in [1.82, 2.24) is 0 Å². The average Bonchev–Trinajstić information content (AvgIpc) is 2.46. The lowest BCUT2D eigenvalue weighted by Gasteiger charge is -1.97. The summed E-state index contributed by atoms with van der Waals surface area (Å²) in [6, 6.07) is 0. The molecule has 0 aliphatic carbocycles. The Morgan fingerprint density at radius 2 is 1.12 bits per heavy atom. The smallest absolute Gasteiger partial charge is 0.331 e. The van der Waals surface area contributed by atoms with E-state index in [0.717, 1.165) is 0 Å². The van der Waals surface area contributed by atoms with Gasteiger partial charge in [0.25, 0.3) is 0 Å². The number of carboxylic acids is 4. The fourth-order valence-corrected chi connectivity index (χ4v) is 0.645. The topological polar surface area (TPSA) is 190 Å². The zero-order valence-corrected chi connectivity index (χ0v) is 13.1. The van der Waals surface area contributed by atoms with Crippen LogP contribution in [0, 0.1) is 0 Å². The summed E-state index contributed by atoms with van der Waals surface area (Å²) in [7, 11) is 0. The summed E-state index contributed by atoms with van der Waals surface area (Å²) in [5.41, 5.74) is -0.606. The predicted molar refractivity (Wildman–Crippen MR) is 81.4 cm³/mol. The summed E-state index contributed by atoms with van der Waals surface area (Å²) < 4.78 is 0. The van der Waals surface area contributed by atoms with Crippen molar-refractivity contribution in [2.45, 2.75) is 32.3 Å². The highest BCUT2D eigenvalue weighted by Gasteiger charge is 2.07. The number of hydrogen-bond donors (Lipinski definition) is 6. The molecule has 0 fully saturated rings. The molecule has 6 N–H and O–H groups in total. The average molecular weight is 350 g/mol. The van der Waals surface area contributed by atoms with Crippen LogP contribution in [0.4, 0.5) is 0 Å². The largest absolute Gasteiger partial charge is 0.481 e. The number of carbonyl (C=O) groups is 4. The molecular formula is C14H22O10. The quantitative estimate of drug-likeness (QED) is 0.324. The molecule has 0 aromatic heterocycles. The third-order valence-electron chi connectivity index (χ3n) is 2.02. The van der Waals surface area contributed by atoms with Crippen LogP contribution in [0.5, 0.6) is 0 Å². The van der Waals surface area contributed by atoms with Crippen LogP contribution < -0.4 is 0 Å². The van der Waals surface area contributed by atoms with Gasteiger partial charge in [-0.1, -0.05) is 20.1 Å². The molecule has 0 radical (unpaired) electrons. The number of aliphatic carboxylic acids is 4. The first-order valence-corrected chi connectivity index (χ1v) is 6.43. The van der Waals surface area contributed by atoms with Crippen molar-refractivity contribution in [2.24, 2.45) is 0 Å². The number of hydrogen-bond acceptors (Lipinski definition) is 6. The Morgan fingerprint density at radius 3 is 1.17 bits per heavy atom. The molecule has 0 aromatic rings. The van der Waals surface area contributed by atoms with Gasteiger partial charge >= 0.3 is 23.9 Å². The SMILES string of the molecule is C=C(CC(=O)O)C(=O)O.C=C(CC(=O)O)C(=O)O.CCC(O)CO. The first kappa shape index (κ1) is 26.2. The van der Waals surface area contributed by atoms with Gasteiger partial charge in [-0.15, -0.1) is 0 Å². The van der Waals surface area contributed by atoms with Crippen LogP contribution in [0.3, 0.4) is 0 Å². The Hall–Kier alpha value is -2.72. The van der Waals surface area contributed by atoms with Crippen LogP contribution in [0.1, 0.15) is 26.2 Å². The molecule has 0 aliphatic rings. The lowest BCUT2D eigenvalue weighted by atomic mass is 10.2. The molecular weight excluding hydrogens is 328 g/mol. The lowest BCUT2D eigenvalue weighted by Crippen LogP contribution is -2.08. The Kier molecular flexibility index (Phi) is 16.6. The van der Waals surface area contributed by atoms with E-state index in [-0.39, 0.29) is 17.8 Å². The third kappa shape index (κ3) is 21.6. The van der Waals surface area contributed by atoms with E-state index in [2.05, 4.69) is 13.2 Å². The highest BCUT2D eigenvalue weighted by atomic mass is 16.4. The van der Waals surface area contributed by atoms with Gasteiger partial charge in [-0.05, 0) is 6.42 Å². The second-order valence-corrected chi connectivity index (χ2v) is 4.20. The van der Waals surface area contributed by atoms with Crippen molar-refractivity contribution in [3.8, 4) is 0 Å². The fraction of sp³-hybridized carbons (Fsp3) is 0.429. The fourth-order valence-electron chi connectivity index (χ4n) is 0.645. The number of aliphatic hydroxyl groups is 2. The van der Waals surface area contributed by atoms with E-state index in [1.807, 2.05) is 6.92 Å². The summed E-state index contributed by atoms with van der Waals surface area (Å²) in [5.74, 6) is -4.89. The molecule has 138 valence electrons. The van der Waals surface area contributed by atoms with Crippen molar-refractivity contribution in [3.63, 3.8) is 0 Å². The van der Waals surface area contributed by atoms with Crippen molar-refractivity contribution in [2.75, 3.05) is 6.61 Å². The van der Waals surface area contributed by atoms with Gasteiger partial charge in [0, 0.05) is 11.1 Å². The minimum atomic E-state index is -1.27. The maximum Gasteiger partial charge on any atom is 0.331 e. The molecule has 0 spiro atoms. The second kappa shape index (κ2) is 15.2. The first-order chi connectivity index (χ1) is 10.9. The molecule has 0 amide bonds. The van der Waals surface area contributed by atoms with Crippen LogP contribution in [-0.2, 0) is 19.2 Å². The molecule has 0 aromatic carbocycles. The van der Waals surface area contributed by atoms with Crippen LogP contribution >= 0.6 is 0 Å². The summed E-state index contributed by atoms with van der Waals surface area (Å²) in [6.45, 7) is 7.73. The summed E-state index contributed by atoms with van der Waals surface area (Å²) in [6.07, 6.45) is -0.883. The van der Waals surface area contributed by atoms with Crippen molar-refractivity contribution in [3.05, 3.63) is 24.3 Å². The molecule has 24 heavy (non-hydrogen) atoms. The molecule has 1 atom stereocenters. The monoisotopic (exact) mass is 350 g/mol. The standard InChI is InChI=1S/2C5H6O4.C4H10O2/c2*1-3(5(8)9)2-4(6)7;1-2-4(6)3-5/h2*1-2H2,(H,6,7)(H,8,9);4-6H,2-3H2,1H3. The normalized spacial score (nSPS) is 9.96. The molecule has 0 saturated carbocycles. The number of aliphatic hydroxyl groups excluding tert-OH is 2. The number of carboxylic acid groups (broad SMARTS) is 4. The van der Waals surface area contributed by atoms with Crippen molar-refractivity contribution >= 4 is 23.9 Å². The maximum absolute atomic E-state index is 9.87. The van der Waals surface area contributed by atoms with E-state index in [1.165, 1.54) is 0 Å². The van der Waals surface area contributed by atoms with Gasteiger partial charge in [0.05, 0.1) is 25.6 Å². The van der Waals surface area contributed by atoms with Crippen LogP contribution in [-0.4, -0.2) is 67.2 Å². The Labute approximate surface area is 138 Å². The van der Waals surface area contributed by atoms with Crippen LogP contribution in [0.25, 0.3) is 0 Å². The Morgan fingerprint density at radius 1 is 0.833 bits per heavy atom. The van der Waals surface area contributed by atoms with E-state index in [4.69, 9.17) is 30.6 Å². The van der Waals surface area contributed by atoms with Crippen molar-refractivity contribution in [1.29, 1.82) is 0 Å². The highest BCUT2D eigenvalue weighted by molar-refractivity contribution is 5.91. The van der Waals surface area contributed by atoms with Gasteiger partial charge < -0.3 is 30.6 Å². The summed E-state index contributed by atoms with van der Waals surface area (Å²) in [5, 5.41) is 48.7. The molecule has 0 heterocycles. The summed E-state index contributed by atoms with van der Waals surface area (Å²) in [4.78, 5) is 39.3.